The van der Waals surface area contributed by atoms with E-state index < -0.39 is 5.91 Å². The first kappa shape index (κ1) is 11.8. The van der Waals surface area contributed by atoms with E-state index in [1.54, 1.807) is 12.1 Å². The predicted molar refractivity (Wildman–Crippen MR) is 65.8 cm³/mol. The summed E-state index contributed by atoms with van der Waals surface area (Å²) in [5, 5.41) is 30.3. The number of aromatic hydroxyl groups is 3. The van der Waals surface area contributed by atoms with Gasteiger partial charge in [0.15, 0.2) is 0 Å². The minimum Gasteiger partial charge on any atom is -0.508 e. The van der Waals surface area contributed by atoms with Crippen LogP contribution >= 0.6 is 0 Å². The van der Waals surface area contributed by atoms with E-state index in [1.165, 1.54) is 24.3 Å². The number of anilines is 1. The van der Waals surface area contributed by atoms with Crippen molar-refractivity contribution in [3.05, 3.63) is 48.0 Å². The first-order valence-corrected chi connectivity index (χ1v) is 5.18. The fourth-order valence-electron chi connectivity index (χ4n) is 1.51. The van der Waals surface area contributed by atoms with Gasteiger partial charge in [0.1, 0.15) is 17.2 Å². The van der Waals surface area contributed by atoms with E-state index in [-0.39, 0.29) is 22.8 Å². The quantitative estimate of drug-likeness (QED) is 0.652. The summed E-state index contributed by atoms with van der Waals surface area (Å²) in [6.07, 6.45) is 0. The van der Waals surface area contributed by atoms with Gasteiger partial charge in [0.05, 0.1) is 0 Å². The van der Waals surface area contributed by atoms with Crippen LogP contribution in [0.5, 0.6) is 17.2 Å². The Morgan fingerprint density at radius 3 is 2.17 bits per heavy atom. The van der Waals surface area contributed by atoms with Crippen molar-refractivity contribution in [2.24, 2.45) is 0 Å². The van der Waals surface area contributed by atoms with Crippen molar-refractivity contribution in [2.75, 3.05) is 5.32 Å². The van der Waals surface area contributed by atoms with Gasteiger partial charge in [-0.15, -0.1) is 0 Å². The molecule has 0 aliphatic heterocycles. The van der Waals surface area contributed by atoms with Crippen LogP contribution in [0.25, 0.3) is 0 Å². The van der Waals surface area contributed by atoms with Crippen LogP contribution in [-0.2, 0) is 0 Å². The Morgan fingerprint density at radius 1 is 0.889 bits per heavy atom. The van der Waals surface area contributed by atoms with Crippen LogP contribution in [0.1, 0.15) is 10.4 Å². The zero-order chi connectivity index (χ0) is 13.1. The minimum atomic E-state index is -0.494. The second-order valence-corrected chi connectivity index (χ2v) is 3.74. The molecule has 0 aromatic heterocycles. The first-order chi connectivity index (χ1) is 8.54. The molecule has 5 nitrogen and oxygen atoms in total. The monoisotopic (exact) mass is 245 g/mol. The molecule has 0 atom stereocenters. The molecule has 2 aromatic carbocycles. The lowest BCUT2D eigenvalue weighted by atomic mass is 10.2. The normalized spacial score (nSPS) is 10.0. The van der Waals surface area contributed by atoms with E-state index in [9.17, 15) is 20.1 Å². The molecule has 5 heteroatoms. The fourth-order valence-corrected chi connectivity index (χ4v) is 1.51. The number of phenols is 3. The van der Waals surface area contributed by atoms with Gasteiger partial charge in [0.2, 0.25) is 0 Å². The van der Waals surface area contributed by atoms with Crippen molar-refractivity contribution in [3.63, 3.8) is 0 Å². The third kappa shape index (κ3) is 2.70. The van der Waals surface area contributed by atoms with Gasteiger partial charge in [-0.2, -0.15) is 0 Å². The molecule has 0 aliphatic carbocycles. The highest BCUT2D eigenvalue weighted by Crippen LogP contribution is 2.22. The average Bonchev–Trinajstić information content (AvgIpc) is 2.27. The smallest absolute Gasteiger partial charge is 0.255 e. The lowest BCUT2D eigenvalue weighted by molar-refractivity contribution is 0.102. The Balaban J connectivity index is 2.22. The molecular weight excluding hydrogens is 234 g/mol. The summed E-state index contributed by atoms with van der Waals surface area (Å²) in [5.74, 6) is -0.856. The summed E-state index contributed by atoms with van der Waals surface area (Å²) >= 11 is 0. The van der Waals surface area contributed by atoms with E-state index in [2.05, 4.69) is 5.32 Å². The van der Waals surface area contributed by atoms with Gasteiger partial charge in [-0.3, -0.25) is 4.79 Å². The van der Waals surface area contributed by atoms with E-state index in [0.29, 0.717) is 5.69 Å². The number of benzene rings is 2. The zero-order valence-corrected chi connectivity index (χ0v) is 9.29. The summed E-state index contributed by atoms with van der Waals surface area (Å²) in [4.78, 5) is 11.8. The largest absolute Gasteiger partial charge is 0.508 e. The van der Waals surface area contributed by atoms with Crippen LogP contribution in [0.3, 0.4) is 0 Å². The molecule has 0 aliphatic rings. The van der Waals surface area contributed by atoms with Crippen LogP contribution in [0.15, 0.2) is 42.5 Å². The first-order valence-electron chi connectivity index (χ1n) is 5.18. The van der Waals surface area contributed by atoms with Crippen LogP contribution < -0.4 is 5.32 Å². The Hall–Kier alpha value is -2.69. The lowest BCUT2D eigenvalue weighted by Gasteiger charge is -2.06. The summed E-state index contributed by atoms with van der Waals surface area (Å²) in [5.41, 5.74) is 0.540. The van der Waals surface area contributed by atoms with Gasteiger partial charge >= 0.3 is 0 Å². The number of hydrogen-bond acceptors (Lipinski definition) is 4. The van der Waals surface area contributed by atoms with E-state index in [0.717, 1.165) is 6.07 Å². The molecule has 0 saturated carbocycles. The molecule has 2 rings (SSSR count). The summed E-state index contributed by atoms with van der Waals surface area (Å²) in [6.45, 7) is 0. The van der Waals surface area contributed by atoms with Gasteiger partial charge in [0.25, 0.3) is 5.91 Å². The summed E-state index contributed by atoms with van der Waals surface area (Å²) < 4.78 is 0. The molecule has 0 saturated heterocycles. The molecule has 2 aromatic rings. The van der Waals surface area contributed by atoms with Gasteiger partial charge < -0.3 is 20.6 Å². The van der Waals surface area contributed by atoms with Crippen molar-refractivity contribution in [1.82, 2.24) is 0 Å². The molecule has 0 heterocycles. The molecule has 0 fully saturated rings. The molecule has 0 bridgehead atoms. The fraction of sp³-hybridized carbons (Fsp3) is 0. The van der Waals surface area contributed by atoms with E-state index in [4.69, 9.17) is 0 Å². The molecule has 0 radical (unpaired) electrons. The van der Waals surface area contributed by atoms with Gasteiger partial charge in [-0.25, -0.2) is 0 Å². The lowest BCUT2D eigenvalue weighted by Crippen LogP contribution is -2.11. The Kier molecular flexibility index (Phi) is 3.05. The standard InChI is InChI=1S/C13H11NO4/c15-10-3-1-2-9(6-10)14-13(18)8-4-11(16)7-12(17)5-8/h1-7,15-17H,(H,14,18). The second-order valence-electron chi connectivity index (χ2n) is 3.74. The van der Waals surface area contributed by atoms with Gasteiger partial charge in [0, 0.05) is 23.4 Å². The minimum absolute atomic E-state index is 0.0338. The van der Waals surface area contributed by atoms with Crippen molar-refractivity contribution in [2.45, 2.75) is 0 Å². The Bertz CT molecular complexity index is 575. The Labute approximate surface area is 103 Å². The highest BCUT2D eigenvalue weighted by molar-refractivity contribution is 6.04. The van der Waals surface area contributed by atoms with Gasteiger partial charge in [-0.1, -0.05) is 6.07 Å². The molecule has 0 unspecified atom stereocenters. The highest BCUT2D eigenvalue weighted by Gasteiger charge is 2.09. The molecule has 18 heavy (non-hydrogen) atoms. The number of rotatable bonds is 2. The zero-order valence-electron chi connectivity index (χ0n) is 9.29. The number of phenolic OH excluding ortho intramolecular Hbond substituents is 3. The molecule has 92 valence electrons. The van der Waals surface area contributed by atoms with Crippen molar-refractivity contribution in [3.8, 4) is 17.2 Å². The summed E-state index contributed by atoms with van der Waals surface area (Å²) in [6, 6.07) is 9.67. The van der Waals surface area contributed by atoms with E-state index in [1.807, 2.05) is 0 Å². The number of amides is 1. The number of hydrogen-bond donors (Lipinski definition) is 4. The number of carbonyl (C=O) groups is 1. The maximum absolute atomic E-state index is 11.8. The summed E-state index contributed by atoms with van der Waals surface area (Å²) in [7, 11) is 0. The molecule has 4 N–H and O–H groups in total. The SMILES string of the molecule is O=C(Nc1cccc(O)c1)c1cc(O)cc(O)c1. The third-order valence-electron chi connectivity index (χ3n) is 2.27. The maximum Gasteiger partial charge on any atom is 0.255 e. The number of nitrogens with one attached hydrogen (secondary N) is 1. The van der Waals surface area contributed by atoms with Crippen molar-refractivity contribution < 1.29 is 20.1 Å². The van der Waals surface area contributed by atoms with Crippen molar-refractivity contribution in [1.29, 1.82) is 0 Å². The predicted octanol–water partition coefficient (Wildman–Crippen LogP) is 2.06. The second kappa shape index (κ2) is 4.67. The van der Waals surface area contributed by atoms with Crippen LogP contribution in [0.4, 0.5) is 5.69 Å². The number of carbonyl (C=O) groups excluding carboxylic acids is 1. The Morgan fingerprint density at radius 2 is 1.56 bits per heavy atom. The topological polar surface area (TPSA) is 89.8 Å². The third-order valence-corrected chi connectivity index (χ3v) is 2.27. The molecule has 0 spiro atoms. The molecular formula is C13H11NO4. The molecule has 1 amide bonds. The van der Waals surface area contributed by atoms with E-state index >= 15 is 0 Å². The van der Waals surface area contributed by atoms with Crippen LogP contribution in [0, 0.1) is 0 Å². The maximum atomic E-state index is 11.8. The van der Waals surface area contributed by atoms with Gasteiger partial charge in [-0.05, 0) is 24.3 Å². The van der Waals surface area contributed by atoms with Crippen molar-refractivity contribution >= 4 is 11.6 Å². The van der Waals surface area contributed by atoms with Crippen LogP contribution in [-0.4, -0.2) is 21.2 Å². The highest BCUT2D eigenvalue weighted by atomic mass is 16.3. The van der Waals surface area contributed by atoms with Crippen LogP contribution in [0.2, 0.25) is 0 Å². The average molecular weight is 245 g/mol.